The molecule has 0 spiro atoms. The summed E-state index contributed by atoms with van der Waals surface area (Å²) in [6.45, 7) is 4.37. The topological polar surface area (TPSA) is 26.0 Å². The van der Waals surface area contributed by atoms with Gasteiger partial charge < -0.3 is 5.73 Å². The van der Waals surface area contributed by atoms with Crippen LogP contribution in [0, 0.1) is 5.82 Å². The van der Waals surface area contributed by atoms with Crippen molar-refractivity contribution in [2.45, 2.75) is 32.2 Å². The molecule has 2 aromatic rings. The second kappa shape index (κ2) is 6.38. The second-order valence-corrected chi connectivity index (χ2v) is 5.53. The van der Waals surface area contributed by atoms with Gasteiger partial charge in [0.05, 0.1) is 6.04 Å². The summed E-state index contributed by atoms with van der Waals surface area (Å²) in [5, 5.41) is 0.364. The molecule has 0 aliphatic carbocycles. The van der Waals surface area contributed by atoms with Crippen molar-refractivity contribution in [3.63, 3.8) is 0 Å². The summed E-state index contributed by atoms with van der Waals surface area (Å²) in [5.41, 5.74) is 9.24. The predicted molar refractivity (Wildman–Crippen MR) is 82.6 cm³/mol. The van der Waals surface area contributed by atoms with Gasteiger partial charge in [0.15, 0.2) is 0 Å². The Bertz CT molecular complexity index is 580. The Kier molecular flexibility index (Phi) is 4.79. The molecule has 0 heterocycles. The summed E-state index contributed by atoms with van der Waals surface area (Å²) in [5.74, 6) is 0.188. The SMILES string of the molecule is CCC(C)c1ccc(C(N)c2ccc(F)cc2Cl)cc1. The number of benzene rings is 2. The molecule has 0 saturated carbocycles. The van der Waals surface area contributed by atoms with Crippen molar-refractivity contribution < 1.29 is 4.39 Å². The smallest absolute Gasteiger partial charge is 0.124 e. The summed E-state index contributed by atoms with van der Waals surface area (Å²) in [6.07, 6.45) is 1.11. The van der Waals surface area contributed by atoms with Crippen LogP contribution in [-0.2, 0) is 0 Å². The van der Waals surface area contributed by atoms with Gasteiger partial charge in [-0.1, -0.05) is 55.8 Å². The molecule has 0 amide bonds. The molecule has 3 heteroatoms. The Hall–Kier alpha value is -1.38. The largest absolute Gasteiger partial charge is 0.320 e. The lowest BCUT2D eigenvalue weighted by molar-refractivity contribution is 0.626. The van der Waals surface area contributed by atoms with E-state index in [4.69, 9.17) is 17.3 Å². The Morgan fingerprint density at radius 1 is 1.10 bits per heavy atom. The minimum atomic E-state index is -0.349. The van der Waals surface area contributed by atoms with Gasteiger partial charge in [-0.05, 0) is 41.2 Å². The summed E-state index contributed by atoms with van der Waals surface area (Å²) in [7, 11) is 0. The van der Waals surface area contributed by atoms with Crippen molar-refractivity contribution in [2.75, 3.05) is 0 Å². The van der Waals surface area contributed by atoms with Crippen molar-refractivity contribution in [1.29, 1.82) is 0 Å². The lowest BCUT2D eigenvalue weighted by Crippen LogP contribution is -2.12. The summed E-state index contributed by atoms with van der Waals surface area (Å²) >= 11 is 6.06. The molecule has 106 valence electrons. The predicted octanol–water partition coefficient (Wildman–Crippen LogP) is 5.04. The molecule has 0 fully saturated rings. The normalized spacial score (nSPS) is 14.1. The third kappa shape index (κ3) is 3.20. The first kappa shape index (κ1) is 15.0. The van der Waals surface area contributed by atoms with Gasteiger partial charge >= 0.3 is 0 Å². The summed E-state index contributed by atoms with van der Waals surface area (Å²) < 4.78 is 13.1. The molecule has 2 rings (SSSR count). The number of rotatable bonds is 4. The van der Waals surface area contributed by atoms with E-state index < -0.39 is 0 Å². The Morgan fingerprint density at radius 2 is 1.70 bits per heavy atom. The fourth-order valence-corrected chi connectivity index (χ4v) is 2.49. The average Bonchev–Trinajstić information content (AvgIpc) is 2.46. The maximum atomic E-state index is 13.1. The number of hydrogen-bond donors (Lipinski definition) is 1. The van der Waals surface area contributed by atoms with Crippen LogP contribution < -0.4 is 5.73 Å². The Morgan fingerprint density at radius 3 is 2.25 bits per heavy atom. The van der Waals surface area contributed by atoms with Crippen molar-refractivity contribution in [1.82, 2.24) is 0 Å². The second-order valence-electron chi connectivity index (χ2n) is 5.12. The highest BCUT2D eigenvalue weighted by molar-refractivity contribution is 6.31. The maximum absolute atomic E-state index is 13.1. The van der Waals surface area contributed by atoms with Crippen molar-refractivity contribution in [3.8, 4) is 0 Å². The van der Waals surface area contributed by atoms with Crippen LogP contribution in [0.2, 0.25) is 5.02 Å². The third-order valence-electron chi connectivity index (χ3n) is 3.77. The first-order valence-corrected chi connectivity index (χ1v) is 7.21. The molecule has 20 heavy (non-hydrogen) atoms. The molecular formula is C17H19ClFN. The van der Waals surface area contributed by atoms with Gasteiger partial charge in [-0.15, -0.1) is 0 Å². The van der Waals surface area contributed by atoms with Crippen molar-refractivity contribution in [3.05, 3.63) is 70.0 Å². The zero-order chi connectivity index (χ0) is 14.7. The zero-order valence-corrected chi connectivity index (χ0v) is 12.5. The minimum absolute atomic E-state index is 0.339. The highest BCUT2D eigenvalue weighted by Crippen LogP contribution is 2.28. The van der Waals surface area contributed by atoms with E-state index >= 15 is 0 Å². The molecule has 2 atom stereocenters. The molecule has 0 aromatic heterocycles. The van der Waals surface area contributed by atoms with Crippen LogP contribution in [-0.4, -0.2) is 0 Å². The lowest BCUT2D eigenvalue weighted by atomic mass is 9.94. The molecule has 1 nitrogen and oxygen atoms in total. The van der Waals surface area contributed by atoms with E-state index in [9.17, 15) is 4.39 Å². The fraction of sp³-hybridized carbons (Fsp3) is 0.294. The minimum Gasteiger partial charge on any atom is -0.320 e. The molecule has 2 unspecified atom stereocenters. The van der Waals surface area contributed by atoms with E-state index in [0.29, 0.717) is 10.9 Å². The molecule has 0 radical (unpaired) electrons. The Balaban J connectivity index is 2.26. The zero-order valence-electron chi connectivity index (χ0n) is 11.7. The molecule has 2 aromatic carbocycles. The van der Waals surface area contributed by atoms with Gasteiger partial charge in [0, 0.05) is 5.02 Å². The Labute approximate surface area is 124 Å². The molecule has 0 aliphatic heterocycles. The van der Waals surface area contributed by atoms with E-state index in [0.717, 1.165) is 17.5 Å². The van der Waals surface area contributed by atoms with Crippen LogP contribution in [0.25, 0.3) is 0 Å². The standard InChI is InChI=1S/C17H19ClFN/c1-3-11(2)12-4-6-13(7-5-12)17(20)15-9-8-14(19)10-16(15)18/h4-11,17H,3,20H2,1-2H3. The van der Waals surface area contributed by atoms with E-state index in [-0.39, 0.29) is 11.9 Å². The maximum Gasteiger partial charge on any atom is 0.124 e. The monoisotopic (exact) mass is 291 g/mol. The van der Waals surface area contributed by atoms with Gasteiger partial charge in [-0.2, -0.15) is 0 Å². The van der Waals surface area contributed by atoms with E-state index in [1.807, 2.05) is 12.1 Å². The van der Waals surface area contributed by atoms with Crippen LogP contribution in [0.1, 0.15) is 48.9 Å². The van der Waals surface area contributed by atoms with Crippen molar-refractivity contribution >= 4 is 11.6 Å². The fourth-order valence-electron chi connectivity index (χ4n) is 2.20. The van der Waals surface area contributed by atoms with Crippen LogP contribution >= 0.6 is 11.6 Å². The van der Waals surface area contributed by atoms with E-state index in [1.165, 1.54) is 17.7 Å². The van der Waals surface area contributed by atoms with Gasteiger partial charge in [0.2, 0.25) is 0 Å². The highest BCUT2D eigenvalue weighted by Gasteiger charge is 2.13. The molecule has 2 N–H and O–H groups in total. The lowest BCUT2D eigenvalue weighted by Gasteiger charge is -2.16. The first-order chi connectivity index (χ1) is 9.52. The molecular weight excluding hydrogens is 273 g/mol. The van der Waals surface area contributed by atoms with Gasteiger partial charge in [0.25, 0.3) is 0 Å². The summed E-state index contributed by atoms with van der Waals surface area (Å²) in [4.78, 5) is 0. The van der Waals surface area contributed by atoms with Crippen LogP contribution in [0.3, 0.4) is 0 Å². The first-order valence-electron chi connectivity index (χ1n) is 6.83. The number of nitrogens with two attached hydrogens (primary N) is 1. The van der Waals surface area contributed by atoms with E-state index in [1.54, 1.807) is 6.07 Å². The number of hydrogen-bond acceptors (Lipinski definition) is 1. The van der Waals surface area contributed by atoms with Crippen molar-refractivity contribution in [2.24, 2.45) is 5.73 Å². The summed E-state index contributed by atoms with van der Waals surface area (Å²) in [6, 6.07) is 12.2. The molecule has 0 bridgehead atoms. The average molecular weight is 292 g/mol. The highest BCUT2D eigenvalue weighted by atomic mass is 35.5. The van der Waals surface area contributed by atoms with Crippen LogP contribution in [0.15, 0.2) is 42.5 Å². The third-order valence-corrected chi connectivity index (χ3v) is 4.10. The van der Waals surface area contributed by atoms with Gasteiger partial charge in [0.1, 0.15) is 5.82 Å². The quantitative estimate of drug-likeness (QED) is 0.839. The van der Waals surface area contributed by atoms with E-state index in [2.05, 4.69) is 26.0 Å². The van der Waals surface area contributed by atoms with Crippen LogP contribution in [0.5, 0.6) is 0 Å². The molecule has 0 aliphatic rings. The van der Waals surface area contributed by atoms with Crippen LogP contribution in [0.4, 0.5) is 4.39 Å². The van der Waals surface area contributed by atoms with Gasteiger partial charge in [-0.25, -0.2) is 4.39 Å². The molecule has 0 saturated heterocycles. The van der Waals surface area contributed by atoms with Gasteiger partial charge in [-0.3, -0.25) is 0 Å². The number of halogens is 2.